The molecule has 2 aromatic rings. The second kappa shape index (κ2) is 7.92. The maximum absolute atomic E-state index is 12.8. The van der Waals surface area contributed by atoms with Crippen molar-refractivity contribution in [3.63, 3.8) is 0 Å². The van der Waals surface area contributed by atoms with E-state index in [4.69, 9.17) is 4.52 Å². The quantitative estimate of drug-likeness (QED) is 0.785. The molecule has 4 heterocycles. The Morgan fingerprint density at radius 2 is 1.83 bits per heavy atom. The number of fused-ring (bicyclic) bond motifs is 1. The topological polar surface area (TPSA) is 77.1 Å². The van der Waals surface area contributed by atoms with Crippen LogP contribution in [0, 0.1) is 19.3 Å². The largest absolute Gasteiger partial charge is 0.361 e. The average molecular weight is 400 g/mol. The molecule has 158 valence electrons. The predicted molar refractivity (Wildman–Crippen MR) is 110 cm³/mol. The molecule has 29 heavy (non-hydrogen) atoms. The maximum atomic E-state index is 12.8. The molecule has 7 heteroatoms. The van der Waals surface area contributed by atoms with Gasteiger partial charge in [-0.25, -0.2) is 0 Å². The monoisotopic (exact) mass is 399 g/mol. The number of piperidine rings is 1. The Labute approximate surface area is 172 Å². The first-order valence-electron chi connectivity index (χ1n) is 11.0. The van der Waals surface area contributed by atoms with Gasteiger partial charge in [0.2, 0.25) is 5.91 Å². The van der Waals surface area contributed by atoms with Crippen LogP contribution in [-0.2, 0) is 24.2 Å². The third kappa shape index (κ3) is 3.96. The van der Waals surface area contributed by atoms with Gasteiger partial charge in [0.1, 0.15) is 17.4 Å². The SMILES string of the molecule is Cc1noc(C)c1CCC(=O)N1CCC2(CCc3nnc(C(C)C)n3CC2)CC1. The van der Waals surface area contributed by atoms with Gasteiger partial charge >= 0.3 is 0 Å². The fraction of sp³-hybridized carbons (Fsp3) is 0.727. The molecule has 0 bridgehead atoms. The van der Waals surface area contributed by atoms with Crippen LogP contribution in [0.5, 0.6) is 0 Å². The van der Waals surface area contributed by atoms with E-state index < -0.39 is 0 Å². The summed E-state index contributed by atoms with van der Waals surface area (Å²) in [6.07, 6.45) is 6.77. The third-order valence-electron chi connectivity index (χ3n) is 7.06. The number of carbonyl (C=O) groups is 1. The van der Waals surface area contributed by atoms with Crippen molar-refractivity contribution in [3.8, 4) is 0 Å². The van der Waals surface area contributed by atoms with Crippen LogP contribution >= 0.6 is 0 Å². The molecule has 7 nitrogen and oxygen atoms in total. The number of aromatic nitrogens is 4. The highest BCUT2D eigenvalue weighted by molar-refractivity contribution is 5.76. The van der Waals surface area contributed by atoms with Gasteiger partial charge in [-0.1, -0.05) is 19.0 Å². The lowest BCUT2D eigenvalue weighted by atomic mass is 9.72. The van der Waals surface area contributed by atoms with Gasteiger partial charge in [-0.05, 0) is 51.4 Å². The first-order chi connectivity index (χ1) is 13.9. The summed E-state index contributed by atoms with van der Waals surface area (Å²) >= 11 is 0. The van der Waals surface area contributed by atoms with Crippen molar-refractivity contribution >= 4 is 5.91 Å². The molecule has 0 N–H and O–H groups in total. The molecule has 0 atom stereocenters. The first-order valence-corrected chi connectivity index (χ1v) is 11.0. The van der Waals surface area contributed by atoms with Gasteiger partial charge in [0.15, 0.2) is 0 Å². The van der Waals surface area contributed by atoms with E-state index >= 15 is 0 Å². The van der Waals surface area contributed by atoms with Gasteiger partial charge in [0, 0.05) is 44.0 Å². The highest BCUT2D eigenvalue weighted by Gasteiger charge is 2.37. The number of carbonyl (C=O) groups excluding carboxylic acids is 1. The fourth-order valence-corrected chi connectivity index (χ4v) is 5.04. The van der Waals surface area contributed by atoms with E-state index in [0.29, 0.717) is 24.2 Å². The first kappa shape index (κ1) is 20.1. The van der Waals surface area contributed by atoms with E-state index in [-0.39, 0.29) is 5.91 Å². The molecular formula is C22H33N5O2. The zero-order chi connectivity index (χ0) is 20.6. The van der Waals surface area contributed by atoms with E-state index in [1.807, 2.05) is 13.8 Å². The summed E-state index contributed by atoms with van der Waals surface area (Å²) in [4.78, 5) is 14.8. The smallest absolute Gasteiger partial charge is 0.222 e. The molecule has 0 unspecified atom stereocenters. The summed E-state index contributed by atoms with van der Waals surface area (Å²) in [5.74, 6) is 3.75. The van der Waals surface area contributed by atoms with Crippen LogP contribution in [0.4, 0.5) is 0 Å². The normalized spacial score (nSPS) is 18.9. The summed E-state index contributed by atoms with van der Waals surface area (Å²) in [5, 5.41) is 12.9. The number of aryl methyl sites for hydroxylation is 3. The molecule has 1 amide bonds. The average Bonchev–Trinajstić information content (AvgIpc) is 3.21. The van der Waals surface area contributed by atoms with Crippen molar-refractivity contribution in [1.82, 2.24) is 24.8 Å². The molecule has 0 aromatic carbocycles. The van der Waals surface area contributed by atoms with E-state index in [9.17, 15) is 4.79 Å². The van der Waals surface area contributed by atoms with Crippen molar-refractivity contribution in [3.05, 3.63) is 28.7 Å². The van der Waals surface area contributed by atoms with Gasteiger partial charge in [-0.15, -0.1) is 10.2 Å². The van der Waals surface area contributed by atoms with Gasteiger partial charge in [0.05, 0.1) is 5.69 Å². The zero-order valence-corrected chi connectivity index (χ0v) is 18.2. The van der Waals surface area contributed by atoms with Crippen LogP contribution in [0.25, 0.3) is 0 Å². The molecule has 1 saturated heterocycles. The molecule has 4 rings (SSSR count). The number of amides is 1. The van der Waals surface area contributed by atoms with Crippen molar-refractivity contribution in [2.45, 2.75) is 85.1 Å². The summed E-state index contributed by atoms with van der Waals surface area (Å²) in [6.45, 7) is 11.0. The second-order valence-electron chi connectivity index (χ2n) is 9.21. The van der Waals surface area contributed by atoms with Crippen molar-refractivity contribution in [2.24, 2.45) is 5.41 Å². The molecule has 1 spiro atoms. The van der Waals surface area contributed by atoms with Crippen LogP contribution in [0.1, 0.15) is 80.5 Å². The highest BCUT2D eigenvalue weighted by atomic mass is 16.5. The Bertz CT molecular complexity index is 854. The van der Waals surface area contributed by atoms with E-state index in [1.54, 1.807) is 0 Å². The summed E-state index contributed by atoms with van der Waals surface area (Å²) < 4.78 is 7.56. The highest BCUT2D eigenvalue weighted by Crippen LogP contribution is 2.42. The van der Waals surface area contributed by atoms with Crippen molar-refractivity contribution < 1.29 is 9.32 Å². The number of hydrogen-bond acceptors (Lipinski definition) is 5. The van der Waals surface area contributed by atoms with Crippen LogP contribution in [0.15, 0.2) is 4.52 Å². The molecule has 2 aliphatic heterocycles. The Balaban J connectivity index is 1.32. The number of nitrogens with zero attached hydrogens (tertiary/aromatic N) is 5. The molecule has 1 fully saturated rings. The molecule has 2 aromatic heterocycles. The molecule has 0 aliphatic carbocycles. The molecule has 0 saturated carbocycles. The Hall–Kier alpha value is -2.18. The third-order valence-corrected chi connectivity index (χ3v) is 7.06. The van der Waals surface area contributed by atoms with Crippen molar-refractivity contribution in [2.75, 3.05) is 13.1 Å². The minimum absolute atomic E-state index is 0.257. The van der Waals surface area contributed by atoms with Crippen LogP contribution in [0.3, 0.4) is 0 Å². The van der Waals surface area contributed by atoms with Gasteiger partial charge < -0.3 is 14.0 Å². The number of hydrogen-bond donors (Lipinski definition) is 0. The Kier molecular flexibility index (Phi) is 5.49. The summed E-state index contributed by atoms with van der Waals surface area (Å²) in [5.41, 5.74) is 2.33. The number of rotatable bonds is 4. The Morgan fingerprint density at radius 1 is 1.10 bits per heavy atom. The maximum Gasteiger partial charge on any atom is 0.222 e. The zero-order valence-electron chi connectivity index (χ0n) is 18.2. The fourth-order valence-electron chi connectivity index (χ4n) is 5.04. The summed E-state index contributed by atoms with van der Waals surface area (Å²) in [7, 11) is 0. The van der Waals surface area contributed by atoms with E-state index in [1.165, 1.54) is 6.42 Å². The van der Waals surface area contributed by atoms with Crippen molar-refractivity contribution in [1.29, 1.82) is 0 Å². The van der Waals surface area contributed by atoms with E-state index in [0.717, 1.165) is 74.0 Å². The van der Waals surface area contributed by atoms with Gasteiger partial charge in [-0.2, -0.15) is 0 Å². The lowest BCUT2D eigenvalue weighted by Crippen LogP contribution is -2.43. The minimum Gasteiger partial charge on any atom is -0.361 e. The lowest BCUT2D eigenvalue weighted by Gasteiger charge is -2.41. The van der Waals surface area contributed by atoms with Gasteiger partial charge in [0.25, 0.3) is 0 Å². The van der Waals surface area contributed by atoms with Crippen LogP contribution in [-0.4, -0.2) is 43.8 Å². The van der Waals surface area contributed by atoms with Crippen LogP contribution in [0.2, 0.25) is 0 Å². The van der Waals surface area contributed by atoms with Crippen LogP contribution < -0.4 is 0 Å². The Morgan fingerprint density at radius 3 is 2.48 bits per heavy atom. The predicted octanol–water partition coefficient (Wildman–Crippen LogP) is 3.58. The lowest BCUT2D eigenvalue weighted by molar-refractivity contribution is -0.133. The molecular weight excluding hydrogens is 366 g/mol. The molecule has 2 aliphatic rings. The van der Waals surface area contributed by atoms with E-state index in [2.05, 4.69) is 38.7 Å². The summed E-state index contributed by atoms with van der Waals surface area (Å²) in [6, 6.07) is 0. The second-order valence-corrected chi connectivity index (χ2v) is 9.21. The minimum atomic E-state index is 0.257. The standard InChI is InChI=1S/C22H33N5O2/c1-15(2)21-24-23-19-7-8-22(11-14-27(19)21)9-12-26(13-10-22)20(28)6-5-18-16(3)25-29-17(18)4/h15H,5-14H2,1-4H3. The van der Waals surface area contributed by atoms with Gasteiger partial charge in [-0.3, -0.25) is 4.79 Å². The molecule has 0 radical (unpaired) electrons. The number of likely N-dealkylation sites (tertiary alicyclic amines) is 1.